The second-order valence-electron chi connectivity index (χ2n) is 4.81. The van der Waals surface area contributed by atoms with Crippen molar-refractivity contribution in [1.82, 2.24) is 14.9 Å². The van der Waals surface area contributed by atoms with E-state index < -0.39 is 0 Å². The molecule has 0 amide bonds. The summed E-state index contributed by atoms with van der Waals surface area (Å²) in [6.07, 6.45) is 1.84. The van der Waals surface area contributed by atoms with E-state index in [0.29, 0.717) is 0 Å². The second-order valence-corrected chi connectivity index (χ2v) is 4.81. The lowest BCUT2D eigenvalue weighted by atomic mass is 10.2. The minimum Gasteiger partial charge on any atom is -0.352 e. The smallest absolute Gasteiger partial charge is 0.0570 e. The van der Waals surface area contributed by atoms with E-state index in [0.717, 1.165) is 12.2 Å². The first kappa shape index (κ1) is 12.8. The molecule has 2 aromatic heterocycles. The Balaban J connectivity index is 2.02. The Morgan fingerprint density at radius 1 is 1.33 bits per heavy atom. The van der Waals surface area contributed by atoms with E-state index in [1.165, 1.54) is 17.0 Å². The molecule has 3 heteroatoms. The Labute approximate surface area is 109 Å². The van der Waals surface area contributed by atoms with Crippen LogP contribution in [0.1, 0.15) is 35.6 Å². The maximum atomic E-state index is 4.37. The molecule has 0 spiro atoms. The lowest BCUT2D eigenvalue weighted by Crippen LogP contribution is -2.19. The molecule has 0 unspecified atom stereocenters. The highest BCUT2D eigenvalue weighted by Crippen LogP contribution is 2.15. The number of nitrogens with zero attached hydrogens (tertiary/aromatic N) is 2. The third-order valence-corrected chi connectivity index (χ3v) is 3.61. The largest absolute Gasteiger partial charge is 0.352 e. The first-order valence-corrected chi connectivity index (χ1v) is 6.35. The van der Waals surface area contributed by atoms with E-state index in [-0.39, 0.29) is 6.04 Å². The van der Waals surface area contributed by atoms with Crippen LogP contribution in [-0.4, -0.2) is 9.55 Å². The van der Waals surface area contributed by atoms with E-state index in [2.05, 4.69) is 54.8 Å². The molecule has 0 aromatic carbocycles. The van der Waals surface area contributed by atoms with Gasteiger partial charge in [0.25, 0.3) is 0 Å². The number of hydrogen-bond acceptors (Lipinski definition) is 2. The zero-order valence-corrected chi connectivity index (χ0v) is 11.6. The van der Waals surface area contributed by atoms with Crippen LogP contribution >= 0.6 is 0 Å². The predicted molar refractivity (Wildman–Crippen MR) is 74.4 cm³/mol. The minimum atomic E-state index is 0.270. The van der Waals surface area contributed by atoms with Gasteiger partial charge < -0.3 is 9.88 Å². The highest BCUT2D eigenvalue weighted by atomic mass is 15.0. The van der Waals surface area contributed by atoms with Crippen LogP contribution in [0.2, 0.25) is 0 Å². The molecule has 2 aromatic rings. The molecule has 18 heavy (non-hydrogen) atoms. The molecule has 0 saturated carbocycles. The summed E-state index contributed by atoms with van der Waals surface area (Å²) < 4.78 is 2.22. The van der Waals surface area contributed by atoms with Gasteiger partial charge in [0, 0.05) is 37.2 Å². The van der Waals surface area contributed by atoms with Gasteiger partial charge in [0.15, 0.2) is 0 Å². The first-order chi connectivity index (χ1) is 8.59. The molecule has 1 N–H and O–H groups in total. The van der Waals surface area contributed by atoms with E-state index >= 15 is 0 Å². The summed E-state index contributed by atoms with van der Waals surface area (Å²) in [6.45, 7) is 7.33. The van der Waals surface area contributed by atoms with Gasteiger partial charge in [0.05, 0.1) is 5.69 Å². The Morgan fingerprint density at radius 3 is 2.67 bits per heavy atom. The standard InChI is InChI=1S/C15H21N3/c1-11-9-14(13(3)18(11)4)10-17-12(2)15-7-5-6-8-16-15/h5-9,12,17H,10H2,1-4H3/t12-/m1/s1. The van der Waals surface area contributed by atoms with Gasteiger partial charge in [-0.15, -0.1) is 0 Å². The van der Waals surface area contributed by atoms with Crippen LogP contribution in [0.15, 0.2) is 30.5 Å². The summed E-state index contributed by atoms with van der Waals surface area (Å²) in [4.78, 5) is 4.37. The van der Waals surface area contributed by atoms with Gasteiger partial charge in [0.1, 0.15) is 0 Å². The van der Waals surface area contributed by atoms with Gasteiger partial charge >= 0.3 is 0 Å². The van der Waals surface area contributed by atoms with Crippen molar-refractivity contribution >= 4 is 0 Å². The SMILES string of the molecule is Cc1cc(CN[C@H](C)c2ccccn2)c(C)n1C. The number of rotatable bonds is 4. The Hall–Kier alpha value is -1.61. The molecular weight excluding hydrogens is 222 g/mol. The summed E-state index contributed by atoms with van der Waals surface area (Å²) in [5.41, 5.74) is 5.07. The van der Waals surface area contributed by atoms with Crippen molar-refractivity contribution in [2.45, 2.75) is 33.4 Å². The van der Waals surface area contributed by atoms with Crippen LogP contribution in [0.4, 0.5) is 0 Å². The van der Waals surface area contributed by atoms with Crippen molar-refractivity contribution in [3.63, 3.8) is 0 Å². The van der Waals surface area contributed by atoms with Crippen molar-refractivity contribution in [1.29, 1.82) is 0 Å². The monoisotopic (exact) mass is 243 g/mol. The Morgan fingerprint density at radius 2 is 2.11 bits per heavy atom. The predicted octanol–water partition coefficient (Wildman–Crippen LogP) is 2.89. The second kappa shape index (κ2) is 5.36. The van der Waals surface area contributed by atoms with Crippen molar-refractivity contribution < 1.29 is 0 Å². The number of aryl methyl sites for hydroxylation is 1. The molecule has 0 aliphatic carbocycles. The molecule has 3 nitrogen and oxygen atoms in total. The summed E-state index contributed by atoms with van der Waals surface area (Å²) in [5.74, 6) is 0. The molecule has 2 heterocycles. The number of hydrogen-bond donors (Lipinski definition) is 1. The van der Waals surface area contributed by atoms with Crippen LogP contribution in [0, 0.1) is 13.8 Å². The molecule has 0 radical (unpaired) electrons. The molecule has 1 atom stereocenters. The van der Waals surface area contributed by atoms with Crippen LogP contribution < -0.4 is 5.32 Å². The van der Waals surface area contributed by atoms with E-state index in [1.807, 2.05) is 18.3 Å². The molecule has 0 fully saturated rings. The fourth-order valence-corrected chi connectivity index (χ4v) is 2.11. The fourth-order valence-electron chi connectivity index (χ4n) is 2.11. The number of nitrogens with one attached hydrogen (secondary N) is 1. The van der Waals surface area contributed by atoms with Gasteiger partial charge in [-0.3, -0.25) is 4.98 Å². The van der Waals surface area contributed by atoms with E-state index in [9.17, 15) is 0 Å². The molecular formula is C15H21N3. The maximum absolute atomic E-state index is 4.37. The van der Waals surface area contributed by atoms with Crippen LogP contribution in [0.5, 0.6) is 0 Å². The third kappa shape index (κ3) is 2.62. The molecule has 0 bridgehead atoms. The molecule has 96 valence electrons. The number of pyridine rings is 1. The average Bonchev–Trinajstić information content (AvgIpc) is 2.64. The normalized spacial score (nSPS) is 12.7. The Kier molecular flexibility index (Phi) is 3.82. The zero-order valence-electron chi connectivity index (χ0n) is 11.6. The van der Waals surface area contributed by atoms with E-state index in [1.54, 1.807) is 0 Å². The molecule has 2 rings (SSSR count). The molecule has 0 aliphatic heterocycles. The van der Waals surface area contributed by atoms with Crippen molar-refractivity contribution in [3.8, 4) is 0 Å². The molecule has 0 aliphatic rings. The third-order valence-electron chi connectivity index (χ3n) is 3.61. The summed E-state index contributed by atoms with van der Waals surface area (Å²) in [5, 5.41) is 3.52. The fraction of sp³-hybridized carbons (Fsp3) is 0.400. The van der Waals surface area contributed by atoms with Gasteiger partial charge in [-0.25, -0.2) is 0 Å². The van der Waals surface area contributed by atoms with Gasteiger partial charge in [0.2, 0.25) is 0 Å². The summed E-state index contributed by atoms with van der Waals surface area (Å²) in [6, 6.07) is 8.54. The van der Waals surface area contributed by atoms with Gasteiger partial charge in [-0.2, -0.15) is 0 Å². The van der Waals surface area contributed by atoms with Gasteiger partial charge in [-0.05, 0) is 44.5 Å². The summed E-state index contributed by atoms with van der Waals surface area (Å²) >= 11 is 0. The van der Waals surface area contributed by atoms with Crippen molar-refractivity contribution in [2.75, 3.05) is 0 Å². The van der Waals surface area contributed by atoms with E-state index in [4.69, 9.17) is 0 Å². The lowest BCUT2D eigenvalue weighted by molar-refractivity contribution is 0.559. The average molecular weight is 243 g/mol. The number of aromatic nitrogens is 2. The van der Waals surface area contributed by atoms with Gasteiger partial charge in [-0.1, -0.05) is 6.07 Å². The zero-order chi connectivity index (χ0) is 13.1. The molecule has 0 saturated heterocycles. The Bertz CT molecular complexity index is 514. The lowest BCUT2D eigenvalue weighted by Gasteiger charge is -2.13. The quantitative estimate of drug-likeness (QED) is 0.895. The first-order valence-electron chi connectivity index (χ1n) is 6.35. The van der Waals surface area contributed by atoms with Crippen LogP contribution in [-0.2, 0) is 13.6 Å². The maximum Gasteiger partial charge on any atom is 0.0570 e. The highest BCUT2D eigenvalue weighted by Gasteiger charge is 2.09. The minimum absolute atomic E-state index is 0.270. The topological polar surface area (TPSA) is 29.9 Å². The summed E-state index contributed by atoms with van der Waals surface area (Å²) in [7, 11) is 2.11. The van der Waals surface area contributed by atoms with Crippen molar-refractivity contribution in [2.24, 2.45) is 7.05 Å². The van der Waals surface area contributed by atoms with Crippen molar-refractivity contribution in [3.05, 3.63) is 53.1 Å². The highest BCUT2D eigenvalue weighted by molar-refractivity contribution is 5.26. The van der Waals surface area contributed by atoms with Crippen LogP contribution in [0.25, 0.3) is 0 Å². The van der Waals surface area contributed by atoms with Crippen LogP contribution in [0.3, 0.4) is 0 Å².